The number of carboxylic acid groups (broad SMARTS) is 1. The highest BCUT2D eigenvalue weighted by Crippen LogP contribution is 2.17. The van der Waals surface area contributed by atoms with Crippen molar-refractivity contribution >= 4 is 28.7 Å². The van der Waals surface area contributed by atoms with Crippen molar-refractivity contribution in [2.45, 2.75) is 13.3 Å². The summed E-state index contributed by atoms with van der Waals surface area (Å²) in [5.74, 6) is -1.47. The lowest BCUT2D eigenvalue weighted by Crippen LogP contribution is -2.26. The average molecular weight is 269 g/mol. The van der Waals surface area contributed by atoms with Gasteiger partial charge in [0.05, 0.1) is 0 Å². The molecule has 0 saturated carbocycles. The molecule has 0 unspecified atom stereocenters. The Morgan fingerprint density at radius 3 is 2.50 bits per heavy atom. The van der Waals surface area contributed by atoms with Gasteiger partial charge in [-0.2, -0.15) is 0 Å². The van der Waals surface area contributed by atoms with Crippen LogP contribution in [0.1, 0.15) is 18.9 Å². The standard InChI is InChI=1S/C16H15NO3/c1-2-15(18)17-14(16(19)20)10-11-7-8-12-5-3-4-6-13(12)9-11/h3-10H,2H2,1H3,(H,17,18)(H,19,20). The normalized spacial score (nSPS) is 11.3. The summed E-state index contributed by atoms with van der Waals surface area (Å²) in [7, 11) is 0. The second kappa shape index (κ2) is 6.02. The number of aliphatic carboxylic acids is 1. The van der Waals surface area contributed by atoms with E-state index in [4.69, 9.17) is 5.11 Å². The molecule has 1 amide bonds. The number of carbonyl (C=O) groups is 2. The molecule has 4 nitrogen and oxygen atoms in total. The van der Waals surface area contributed by atoms with Crippen LogP contribution in [0, 0.1) is 0 Å². The van der Waals surface area contributed by atoms with Crippen molar-refractivity contribution in [3.8, 4) is 0 Å². The molecule has 0 spiro atoms. The second-order valence-electron chi connectivity index (χ2n) is 4.37. The van der Waals surface area contributed by atoms with Gasteiger partial charge in [-0.1, -0.05) is 43.3 Å². The van der Waals surface area contributed by atoms with E-state index >= 15 is 0 Å². The Balaban J connectivity index is 2.37. The number of amides is 1. The largest absolute Gasteiger partial charge is 0.477 e. The Morgan fingerprint density at radius 2 is 1.85 bits per heavy atom. The highest BCUT2D eigenvalue weighted by atomic mass is 16.4. The molecule has 0 heterocycles. The third-order valence-electron chi connectivity index (χ3n) is 2.91. The third kappa shape index (κ3) is 3.23. The summed E-state index contributed by atoms with van der Waals surface area (Å²) in [6.45, 7) is 1.67. The van der Waals surface area contributed by atoms with Crippen molar-refractivity contribution < 1.29 is 14.7 Å². The number of nitrogens with one attached hydrogen (secondary N) is 1. The van der Waals surface area contributed by atoms with Crippen LogP contribution in [0.5, 0.6) is 0 Å². The summed E-state index contributed by atoms with van der Waals surface area (Å²) in [6, 6.07) is 13.4. The molecule has 0 bridgehead atoms. The summed E-state index contributed by atoms with van der Waals surface area (Å²) in [5, 5.41) is 13.6. The van der Waals surface area contributed by atoms with Gasteiger partial charge in [-0.3, -0.25) is 4.79 Å². The highest BCUT2D eigenvalue weighted by Gasteiger charge is 2.10. The molecule has 2 aromatic carbocycles. The van der Waals surface area contributed by atoms with Crippen LogP contribution in [0.4, 0.5) is 0 Å². The van der Waals surface area contributed by atoms with Crippen LogP contribution in [0.3, 0.4) is 0 Å². The smallest absolute Gasteiger partial charge is 0.352 e. The van der Waals surface area contributed by atoms with Crippen molar-refractivity contribution in [3.63, 3.8) is 0 Å². The van der Waals surface area contributed by atoms with Crippen LogP contribution >= 0.6 is 0 Å². The van der Waals surface area contributed by atoms with E-state index < -0.39 is 5.97 Å². The Bertz CT molecular complexity index is 689. The lowest BCUT2D eigenvalue weighted by molar-refractivity contribution is -0.134. The fourth-order valence-electron chi connectivity index (χ4n) is 1.85. The van der Waals surface area contributed by atoms with Crippen LogP contribution in [0.25, 0.3) is 16.8 Å². The van der Waals surface area contributed by atoms with Crippen molar-refractivity contribution in [1.29, 1.82) is 0 Å². The maximum Gasteiger partial charge on any atom is 0.352 e. The molecule has 2 rings (SSSR count). The van der Waals surface area contributed by atoms with Gasteiger partial charge in [0.25, 0.3) is 0 Å². The summed E-state index contributed by atoms with van der Waals surface area (Å²) < 4.78 is 0. The monoisotopic (exact) mass is 269 g/mol. The fraction of sp³-hybridized carbons (Fsp3) is 0.125. The van der Waals surface area contributed by atoms with E-state index in [0.717, 1.165) is 16.3 Å². The van der Waals surface area contributed by atoms with Crippen LogP contribution in [-0.2, 0) is 9.59 Å². The van der Waals surface area contributed by atoms with Gasteiger partial charge in [-0.25, -0.2) is 4.79 Å². The minimum Gasteiger partial charge on any atom is -0.477 e. The van der Waals surface area contributed by atoms with E-state index in [0.29, 0.717) is 0 Å². The van der Waals surface area contributed by atoms with Gasteiger partial charge in [0, 0.05) is 6.42 Å². The molecule has 0 atom stereocenters. The second-order valence-corrected chi connectivity index (χ2v) is 4.37. The zero-order valence-electron chi connectivity index (χ0n) is 11.1. The molecule has 2 N–H and O–H groups in total. The number of hydrogen-bond donors (Lipinski definition) is 2. The van der Waals surface area contributed by atoms with E-state index in [1.165, 1.54) is 6.08 Å². The molecule has 102 valence electrons. The number of carboxylic acids is 1. The summed E-state index contributed by atoms with van der Waals surface area (Å²) in [4.78, 5) is 22.4. The Hall–Kier alpha value is -2.62. The van der Waals surface area contributed by atoms with Crippen molar-refractivity contribution in [1.82, 2.24) is 5.32 Å². The Morgan fingerprint density at radius 1 is 1.15 bits per heavy atom. The first-order valence-corrected chi connectivity index (χ1v) is 6.34. The zero-order valence-corrected chi connectivity index (χ0v) is 11.1. The molecular formula is C16H15NO3. The van der Waals surface area contributed by atoms with Gasteiger partial charge >= 0.3 is 5.97 Å². The van der Waals surface area contributed by atoms with Gasteiger partial charge in [0.2, 0.25) is 5.91 Å². The SMILES string of the molecule is CCC(=O)NC(=Cc1ccc2ccccc2c1)C(=O)O. The number of carbonyl (C=O) groups excluding carboxylic acids is 1. The molecule has 2 aromatic rings. The summed E-state index contributed by atoms with van der Waals surface area (Å²) in [6.07, 6.45) is 1.70. The summed E-state index contributed by atoms with van der Waals surface area (Å²) >= 11 is 0. The van der Waals surface area contributed by atoms with E-state index in [1.807, 2.05) is 42.5 Å². The quantitative estimate of drug-likeness (QED) is 0.839. The van der Waals surface area contributed by atoms with E-state index in [-0.39, 0.29) is 18.0 Å². The molecule has 0 saturated heterocycles. The van der Waals surface area contributed by atoms with Crippen molar-refractivity contribution in [2.75, 3.05) is 0 Å². The molecule has 0 radical (unpaired) electrons. The maximum absolute atomic E-state index is 11.3. The minimum absolute atomic E-state index is 0.118. The molecule has 0 fully saturated rings. The van der Waals surface area contributed by atoms with Crippen molar-refractivity contribution in [2.24, 2.45) is 0 Å². The van der Waals surface area contributed by atoms with Crippen LogP contribution in [0.15, 0.2) is 48.2 Å². The van der Waals surface area contributed by atoms with Crippen molar-refractivity contribution in [3.05, 3.63) is 53.7 Å². The number of hydrogen-bond acceptors (Lipinski definition) is 2. The number of fused-ring (bicyclic) bond motifs is 1. The van der Waals surface area contributed by atoms with Gasteiger partial charge in [-0.05, 0) is 28.5 Å². The summed E-state index contributed by atoms with van der Waals surface area (Å²) in [5.41, 5.74) is 0.615. The number of benzene rings is 2. The molecular weight excluding hydrogens is 254 g/mol. The van der Waals surface area contributed by atoms with Crippen LogP contribution in [0.2, 0.25) is 0 Å². The molecule has 0 aromatic heterocycles. The predicted molar refractivity (Wildman–Crippen MR) is 78.0 cm³/mol. The molecule has 0 aliphatic heterocycles. The average Bonchev–Trinajstić information content (AvgIpc) is 2.46. The zero-order chi connectivity index (χ0) is 14.5. The Labute approximate surface area is 116 Å². The first-order chi connectivity index (χ1) is 9.60. The van der Waals surface area contributed by atoms with Crippen LogP contribution < -0.4 is 5.32 Å². The Kier molecular flexibility index (Phi) is 4.15. The first-order valence-electron chi connectivity index (χ1n) is 6.34. The maximum atomic E-state index is 11.3. The minimum atomic E-state index is -1.15. The van der Waals surface area contributed by atoms with Crippen LogP contribution in [-0.4, -0.2) is 17.0 Å². The molecule has 4 heteroatoms. The lowest BCUT2D eigenvalue weighted by Gasteiger charge is -2.05. The molecule has 20 heavy (non-hydrogen) atoms. The number of rotatable bonds is 4. The lowest BCUT2D eigenvalue weighted by atomic mass is 10.1. The van der Waals surface area contributed by atoms with E-state index in [1.54, 1.807) is 6.92 Å². The fourth-order valence-corrected chi connectivity index (χ4v) is 1.85. The van der Waals surface area contributed by atoms with E-state index in [9.17, 15) is 9.59 Å². The molecule has 0 aliphatic rings. The van der Waals surface area contributed by atoms with Gasteiger partial charge in [-0.15, -0.1) is 0 Å². The van der Waals surface area contributed by atoms with Gasteiger partial charge < -0.3 is 10.4 Å². The highest BCUT2D eigenvalue weighted by molar-refractivity contribution is 5.97. The van der Waals surface area contributed by atoms with Gasteiger partial charge in [0.1, 0.15) is 5.70 Å². The van der Waals surface area contributed by atoms with Gasteiger partial charge in [0.15, 0.2) is 0 Å². The predicted octanol–water partition coefficient (Wildman–Crippen LogP) is 2.79. The third-order valence-corrected chi connectivity index (χ3v) is 2.91. The first kappa shape index (κ1) is 13.8. The molecule has 0 aliphatic carbocycles. The topological polar surface area (TPSA) is 66.4 Å². The van der Waals surface area contributed by atoms with E-state index in [2.05, 4.69) is 5.32 Å².